The Hall–Kier alpha value is -3.34. The van der Waals surface area contributed by atoms with Crippen molar-refractivity contribution in [3.63, 3.8) is 0 Å². The summed E-state index contributed by atoms with van der Waals surface area (Å²) in [5.41, 5.74) is -0.189. The topological polar surface area (TPSA) is 78.7 Å². The molecule has 1 aliphatic heterocycles. The van der Waals surface area contributed by atoms with Crippen LogP contribution in [0.4, 0.5) is 22.4 Å². The summed E-state index contributed by atoms with van der Waals surface area (Å²) >= 11 is 5.93. The molecule has 1 aromatic carbocycles. The molecule has 0 aliphatic carbocycles. The first kappa shape index (κ1) is 22.8. The van der Waals surface area contributed by atoms with E-state index in [1.54, 1.807) is 6.92 Å². The largest absolute Gasteiger partial charge is 0.434 e. The number of hydrogen-bond acceptors (Lipinski definition) is 3. The number of alkyl halides is 3. The second kappa shape index (κ2) is 8.54. The molecule has 0 radical (unpaired) electrons. The highest BCUT2D eigenvalue weighted by atomic mass is 35.5. The highest BCUT2D eigenvalue weighted by Gasteiger charge is 2.34. The molecule has 0 unspecified atom stereocenters. The minimum absolute atomic E-state index is 0.0645. The number of fused-ring (bicyclic) bond motifs is 1. The number of hydrogen-bond donors (Lipinski definition) is 2. The maximum absolute atomic E-state index is 13.7. The maximum Gasteiger partial charge on any atom is 0.434 e. The van der Waals surface area contributed by atoms with Gasteiger partial charge in [-0.25, -0.2) is 14.2 Å². The summed E-state index contributed by atoms with van der Waals surface area (Å²) in [6.45, 7) is 2.13. The normalized spacial score (nSPS) is 17.7. The van der Waals surface area contributed by atoms with Crippen molar-refractivity contribution >= 4 is 29.2 Å². The zero-order chi connectivity index (χ0) is 23.9. The van der Waals surface area contributed by atoms with Gasteiger partial charge in [0.05, 0.1) is 11.1 Å². The average molecular weight is 484 g/mol. The number of aromatic nitrogens is 2. The van der Waals surface area contributed by atoms with E-state index in [9.17, 15) is 27.2 Å². The molecule has 0 spiro atoms. The minimum atomic E-state index is -4.62. The summed E-state index contributed by atoms with van der Waals surface area (Å²) in [6, 6.07) is 4.58. The van der Waals surface area contributed by atoms with E-state index in [4.69, 9.17) is 11.6 Å². The van der Waals surface area contributed by atoms with Gasteiger partial charge in [0.1, 0.15) is 17.5 Å². The highest BCUT2D eigenvalue weighted by molar-refractivity contribution is 6.30. The molecule has 7 nitrogen and oxygen atoms in total. The lowest BCUT2D eigenvalue weighted by Crippen LogP contribution is -2.58. The third kappa shape index (κ3) is 4.58. The molecule has 3 amide bonds. The first-order chi connectivity index (χ1) is 15.5. The number of carbonyl (C=O) groups is 2. The molecule has 1 fully saturated rings. The smallest absolute Gasteiger partial charge is 0.353 e. The fraction of sp³-hybridized carbons (Fsp3) is 0.286. The van der Waals surface area contributed by atoms with E-state index in [0.717, 1.165) is 12.3 Å². The molecule has 1 saturated heterocycles. The first-order valence-corrected chi connectivity index (χ1v) is 10.3. The predicted molar refractivity (Wildman–Crippen MR) is 111 cm³/mol. The van der Waals surface area contributed by atoms with E-state index in [1.807, 2.05) is 0 Å². The van der Waals surface area contributed by atoms with Gasteiger partial charge in [-0.15, -0.1) is 0 Å². The van der Waals surface area contributed by atoms with Crippen molar-refractivity contribution in [3.8, 4) is 0 Å². The Kier molecular flexibility index (Phi) is 5.91. The third-order valence-electron chi connectivity index (χ3n) is 5.40. The van der Waals surface area contributed by atoms with Crippen LogP contribution in [-0.4, -0.2) is 45.4 Å². The second-order valence-electron chi connectivity index (χ2n) is 7.57. The van der Waals surface area contributed by atoms with Crippen molar-refractivity contribution < 1.29 is 27.2 Å². The lowest BCUT2D eigenvalue weighted by molar-refractivity contribution is -0.140. The van der Waals surface area contributed by atoms with Crippen molar-refractivity contribution in [1.29, 1.82) is 0 Å². The number of benzene rings is 1. The van der Waals surface area contributed by atoms with Gasteiger partial charge in [-0.1, -0.05) is 23.7 Å². The summed E-state index contributed by atoms with van der Waals surface area (Å²) < 4.78 is 54.1. The highest BCUT2D eigenvalue weighted by Crippen LogP contribution is 2.30. The van der Waals surface area contributed by atoms with Gasteiger partial charge in [-0.05, 0) is 36.2 Å². The molecule has 2 atom stereocenters. The number of piperazine rings is 1. The van der Waals surface area contributed by atoms with Crippen LogP contribution in [0.3, 0.4) is 0 Å². The number of pyridine rings is 1. The van der Waals surface area contributed by atoms with Crippen LogP contribution in [0.2, 0.25) is 5.02 Å². The number of nitrogens with one attached hydrogen (secondary N) is 2. The van der Waals surface area contributed by atoms with Crippen LogP contribution in [0, 0.1) is 5.82 Å². The Morgan fingerprint density at radius 3 is 2.67 bits per heavy atom. The van der Waals surface area contributed by atoms with E-state index in [2.05, 4.69) is 15.6 Å². The lowest BCUT2D eigenvalue weighted by atomic mass is 10.00. The van der Waals surface area contributed by atoms with Gasteiger partial charge < -0.3 is 19.9 Å². The van der Waals surface area contributed by atoms with E-state index in [-0.39, 0.29) is 29.7 Å². The Morgan fingerprint density at radius 1 is 1.24 bits per heavy atom. The van der Waals surface area contributed by atoms with E-state index < -0.39 is 35.8 Å². The number of amides is 3. The van der Waals surface area contributed by atoms with Gasteiger partial charge in [-0.3, -0.25) is 4.79 Å². The van der Waals surface area contributed by atoms with Gasteiger partial charge in [-0.2, -0.15) is 13.2 Å². The Morgan fingerprint density at radius 2 is 1.97 bits per heavy atom. The number of imidazole rings is 1. The Bertz CT molecular complexity index is 1230. The number of rotatable bonds is 3. The van der Waals surface area contributed by atoms with Gasteiger partial charge in [0.25, 0.3) is 0 Å². The van der Waals surface area contributed by atoms with E-state index in [1.165, 1.54) is 39.8 Å². The van der Waals surface area contributed by atoms with Crippen molar-refractivity contribution in [2.75, 3.05) is 13.1 Å². The zero-order valence-electron chi connectivity index (χ0n) is 17.2. The van der Waals surface area contributed by atoms with Crippen molar-refractivity contribution in [2.24, 2.45) is 0 Å². The fourth-order valence-electron chi connectivity index (χ4n) is 3.63. The molecule has 1 aliphatic rings. The molecule has 3 aromatic rings. The van der Waals surface area contributed by atoms with Gasteiger partial charge in [0.2, 0.25) is 5.91 Å². The number of carbonyl (C=O) groups excluding carboxylic acids is 2. The molecule has 0 saturated carbocycles. The van der Waals surface area contributed by atoms with Crippen molar-refractivity contribution in [1.82, 2.24) is 24.9 Å². The molecule has 33 heavy (non-hydrogen) atoms. The standard InChI is InChI=1S/C21H18ClF4N5O2/c1-11-19(32)27-6-7-31(11)20(33)29-18(12-2-4-15(23)14(22)8-12)13-3-5-17-28-16(21(24,25)26)10-30(17)9-13/h2-5,8-11,18H,6-7H2,1H3,(H,27,32)(H,29,33)/t11-,18+/m1/s1. The summed E-state index contributed by atoms with van der Waals surface area (Å²) in [6.07, 6.45) is -2.38. The summed E-state index contributed by atoms with van der Waals surface area (Å²) in [5, 5.41) is 5.27. The molecule has 12 heteroatoms. The SMILES string of the molecule is C[C@@H]1C(=O)NCCN1C(=O)N[C@@H](c1ccc(F)c(Cl)c1)c1ccc2nc(C(F)(F)F)cn2c1. The molecular weight excluding hydrogens is 466 g/mol. The van der Waals surface area contributed by atoms with Crippen LogP contribution in [0.1, 0.15) is 29.8 Å². The summed E-state index contributed by atoms with van der Waals surface area (Å²) in [4.78, 5) is 29.9. The predicted octanol–water partition coefficient (Wildman–Crippen LogP) is 3.76. The fourth-order valence-corrected chi connectivity index (χ4v) is 3.82. The first-order valence-electron chi connectivity index (χ1n) is 9.90. The Balaban J connectivity index is 1.73. The van der Waals surface area contributed by atoms with Crippen LogP contribution >= 0.6 is 11.6 Å². The van der Waals surface area contributed by atoms with Crippen molar-refractivity contribution in [3.05, 3.63) is 70.4 Å². The number of halogens is 5. The summed E-state index contributed by atoms with van der Waals surface area (Å²) in [7, 11) is 0. The van der Waals surface area contributed by atoms with E-state index in [0.29, 0.717) is 11.1 Å². The molecule has 174 valence electrons. The van der Waals surface area contributed by atoms with E-state index >= 15 is 0 Å². The maximum atomic E-state index is 13.7. The third-order valence-corrected chi connectivity index (χ3v) is 5.69. The molecule has 2 aromatic heterocycles. The number of urea groups is 1. The van der Waals surface area contributed by atoms with Gasteiger partial charge in [0, 0.05) is 25.5 Å². The Labute approximate surface area is 190 Å². The molecule has 3 heterocycles. The molecule has 0 bridgehead atoms. The zero-order valence-corrected chi connectivity index (χ0v) is 17.9. The van der Waals surface area contributed by atoms with Crippen LogP contribution in [0.5, 0.6) is 0 Å². The van der Waals surface area contributed by atoms with Crippen LogP contribution in [0.15, 0.2) is 42.7 Å². The minimum Gasteiger partial charge on any atom is -0.353 e. The van der Waals surface area contributed by atoms with Crippen LogP contribution in [0.25, 0.3) is 5.65 Å². The van der Waals surface area contributed by atoms with Crippen LogP contribution < -0.4 is 10.6 Å². The number of nitrogens with zero attached hydrogens (tertiary/aromatic N) is 3. The van der Waals surface area contributed by atoms with Gasteiger partial charge >= 0.3 is 12.2 Å². The quantitative estimate of drug-likeness (QED) is 0.557. The molecular formula is C21H18ClF4N5O2. The second-order valence-corrected chi connectivity index (χ2v) is 7.98. The summed E-state index contributed by atoms with van der Waals surface area (Å²) in [5.74, 6) is -0.969. The van der Waals surface area contributed by atoms with Gasteiger partial charge in [0.15, 0.2) is 5.69 Å². The molecule has 4 rings (SSSR count). The van der Waals surface area contributed by atoms with Crippen molar-refractivity contribution in [2.45, 2.75) is 25.2 Å². The van der Waals surface area contributed by atoms with Crippen LogP contribution in [-0.2, 0) is 11.0 Å². The molecule has 2 N–H and O–H groups in total. The monoisotopic (exact) mass is 483 g/mol. The lowest BCUT2D eigenvalue weighted by Gasteiger charge is -2.34. The average Bonchev–Trinajstić information content (AvgIpc) is 3.20.